The van der Waals surface area contributed by atoms with Gasteiger partial charge >= 0.3 is 0 Å². The third-order valence-corrected chi connectivity index (χ3v) is 13.4. The third kappa shape index (κ3) is 10.0. The first kappa shape index (κ1) is 46.8. The molecular weight excluding hydrogens is 912 g/mol. The van der Waals surface area contributed by atoms with Crippen LogP contribution in [0.3, 0.4) is 0 Å². The summed E-state index contributed by atoms with van der Waals surface area (Å²) >= 11 is 1.19. The molecule has 18 nitrogen and oxygen atoms in total. The Kier molecular flexibility index (Phi) is 13.9. The highest BCUT2D eigenvalue weighted by Crippen LogP contribution is 2.40. The third-order valence-electron chi connectivity index (χ3n) is 12.7. The van der Waals surface area contributed by atoms with Gasteiger partial charge in [-0.15, -0.1) is 11.3 Å². The number of piperidine rings is 1. The van der Waals surface area contributed by atoms with Gasteiger partial charge < -0.3 is 39.7 Å². The number of imide groups is 1. The summed E-state index contributed by atoms with van der Waals surface area (Å²) in [7, 11) is 0. The number of thiazole rings is 1. The monoisotopic (exact) mass is 960 g/mol. The van der Waals surface area contributed by atoms with Gasteiger partial charge in [-0.1, -0.05) is 36.4 Å². The largest absolute Gasteiger partial charge is 0.508 e. The Morgan fingerprint density at radius 3 is 2.42 bits per heavy atom. The van der Waals surface area contributed by atoms with E-state index < -0.39 is 53.7 Å². The normalized spacial score (nSPS) is 18.3. The van der Waals surface area contributed by atoms with Crippen LogP contribution in [0.1, 0.15) is 68.9 Å². The molecule has 1 aromatic heterocycles. The Labute approximate surface area is 399 Å². The Bertz CT molecular complexity index is 2770. The molecule has 5 heterocycles. The first-order valence-electron chi connectivity index (χ1n) is 22.6. The average molecular weight is 961 g/mol. The summed E-state index contributed by atoms with van der Waals surface area (Å²) in [5.74, 6) is -3.54. The van der Waals surface area contributed by atoms with Gasteiger partial charge in [-0.25, -0.2) is 9.37 Å². The summed E-state index contributed by atoms with van der Waals surface area (Å²) in [6, 6.07) is 19.6. The number of rotatable bonds is 17. The second kappa shape index (κ2) is 20.5. The Balaban J connectivity index is 0.694. The predicted molar refractivity (Wildman–Crippen MR) is 251 cm³/mol. The van der Waals surface area contributed by atoms with E-state index in [9.17, 15) is 43.4 Å². The fourth-order valence-corrected chi connectivity index (χ4v) is 9.69. The fourth-order valence-electron chi connectivity index (χ4n) is 9.16. The number of hydrogen-bond donors (Lipinski definition) is 5. The topological polar surface area (TPSA) is 223 Å². The van der Waals surface area contributed by atoms with Crippen LogP contribution in [0.2, 0.25) is 0 Å². The minimum absolute atomic E-state index is 0.00488. The molecule has 0 aliphatic carbocycles. The lowest BCUT2D eigenvalue weighted by atomic mass is 10.00. The number of aliphatic hydroxyl groups is 1. The highest BCUT2D eigenvalue weighted by molar-refractivity contribution is 7.13. The van der Waals surface area contributed by atoms with Crippen LogP contribution in [0.25, 0.3) is 11.1 Å². The van der Waals surface area contributed by atoms with E-state index >= 15 is 0 Å². The summed E-state index contributed by atoms with van der Waals surface area (Å²) < 4.78 is 25.8. The number of amides is 6. The second-order valence-corrected chi connectivity index (χ2v) is 17.8. The van der Waals surface area contributed by atoms with Crippen LogP contribution in [-0.2, 0) is 35.2 Å². The molecule has 0 bridgehead atoms. The number of fused-ring (bicyclic) bond motifs is 2. The van der Waals surface area contributed by atoms with E-state index in [2.05, 4.69) is 25.8 Å². The van der Waals surface area contributed by atoms with Gasteiger partial charge in [-0.2, -0.15) is 0 Å². The maximum Gasteiger partial charge on any atom is 0.259 e. The number of carbonyl (C=O) groups is 6. The van der Waals surface area contributed by atoms with Crippen LogP contribution < -0.4 is 20.9 Å². The first-order valence-corrected chi connectivity index (χ1v) is 23.5. The zero-order valence-electron chi connectivity index (χ0n) is 37.3. The van der Waals surface area contributed by atoms with Gasteiger partial charge in [0.1, 0.15) is 23.7 Å². The molecule has 2 fully saturated rings. The van der Waals surface area contributed by atoms with E-state index in [0.29, 0.717) is 80.1 Å². The van der Waals surface area contributed by atoms with E-state index in [1.165, 1.54) is 22.4 Å². The smallest absolute Gasteiger partial charge is 0.259 e. The average Bonchev–Trinajstić information content (AvgIpc) is 4.05. The molecule has 4 aromatic carbocycles. The summed E-state index contributed by atoms with van der Waals surface area (Å²) in [6.07, 6.45) is 0.671. The number of carbonyl (C=O) groups excluding carboxylic acids is 6. The molecule has 2 saturated heterocycles. The minimum Gasteiger partial charge on any atom is -0.508 e. The number of phenolic OH excluding ortho intramolecular Hbond substituents is 1. The molecule has 4 aliphatic rings. The number of nitrogens with zero attached hydrogens (tertiary/aromatic N) is 5. The molecule has 3 unspecified atom stereocenters. The van der Waals surface area contributed by atoms with Crippen molar-refractivity contribution in [2.75, 3.05) is 74.7 Å². The molecule has 69 heavy (non-hydrogen) atoms. The molecule has 20 heteroatoms. The van der Waals surface area contributed by atoms with Crippen molar-refractivity contribution in [3.8, 4) is 16.9 Å². The van der Waals surface area contributed by atoms with Crippen LogP contribution >= 0.6 is 11.3 Å². The Morgan fingerprint density at radius 2 is 1.67 bits per heavy atom. The molecule has 358 valence electrons. The lowest BCUT2D eigenvalue weighted by Gasteiger charge is -2.36. The van der Waals surface area contributed by atoms with Gasteiger partial charge in [0.15, 0.2) is 11.4 Å². The number of hydrogen-bond acceptors (Lipinski definition) is 14. The van der Waals surface area contributed by atoms with Crippen molar-refractivity contribution < 1.29 is 52.8 Å². The number of phenols is 1. The van der Waals surface area contributed by atoms with E-state index in [-0.39, 0.29) is 55.2 Å². The summed E-state index contributed by atoms with van der Waals surface area (Å²) in [5.41, 5.74) is 4.88. The molecule has 3 atom stereocenters. The minimum atomic E-state index is -1.33. The fraction of sp³-hybridized carbons (Fsp3) is 0.327. The quantitative estimate of drug-likeness (QED) is 0.0644. The second-order valence-electron chi connectivity index (χ2n) is 16.9. The number of ether oxygens (including phenoxy) is 2. The molecular formula is C49H49FN8O10S. The van der Waals surface area contributed by atoms with Crippen molar-refractivity contribution >= 4 is 63.3 Å². The van der Waals surface area contributed by atoms with Crippen molar-refractivity contribution in [3.63, 3.8) is 0 Å². The van der Waals surface area contributed by atoms with Crippen molar-refractivity contribution in [2.45, 2.75) is 44.1 Å². The van der Waals surface area contributed by atoms with Crippen LogP contribution in [0.4, 0.5) is 20.9 Å². The zero-order chi connectivity index (χ0) is 48.2. The van der Waals surface area contributed by atoms with E-state index in [1.807, 2.05) is 41.3 Å². The first-order chi connectivity index (χ1) is 33.4. The van der Waals surface area contributed by atoms with E-state index in [1.54, 1.807) is 29.6 Å². The Hall–Kier alpha value is -7.26. The van der Waals surface area contributed by atoms with Gasteiger partial charge in [0, 0.05) is 85.3 Å². The zero-order valence-corrected chi connectivity index (χ0v) is 38.1. The number of aromatic nitrogens is 1. The van der Waals surface area contributed by atoms with Crippen LogP contribution in [0.5, 0.6) is 5.75 Å². The molecule has 0 radical (unpaired) electrons. The van der Waals surface area contributed by atoms with Gasteiger partial charge in [0.25, 0.3) is 17.7 Å². The summed E-state index contributed by atoms with van der Waals surface area (Å²) in [6.45, 7) is 3.97. The molecule has 6 amide bonds. The van der Waals surface area contributed by atoms with Crippen LogP contribution in [0, 0.1) is 5.82 Å². The maximum atomic E-state index is 14.4. The van der Waals surface area contributed by atoms with Crippen molar-refractivity contribution in [3.05, 3.63) is 124 Å². The van der Waals surface area contributed by atoms with Crippen molar-refractivity contribution in [1.82, 2.24) is 25.0 Å². The van der Waals surface area contributed by atoms with Crippen molar-refractivity contribution in [2.24, 2.45) is 0 Å². The number of halogens is 1. The lowest BCUT2D eigenvalue weighted by Crippen LogP contribution is -2.53. The number of aliphatic hydroxyl groups excluding tert-OH is 1. The van der Waals surface area contributed by atoms with E-state index in [0.717, 1.165) is 39.9 Å². The van der Waals surface area contributed by atoms with Crippen LogP contribution in [-0.4, -0.2) is 131 Å². The highest BCUT2D eigenvalue weighted by atomic mass is 32.1. The van der Waals surface area contributed by atoms with Crippen molar-refractivity contribution in [1.29, 1.82) is 0 Å². The van der Waals surface area contributed by atoms with Gasteiger partial charge in [0.2, 0.25) is 17.7 Å². The van der Waals surface area contributed by atoms with Gasteiger partial charge in [0.05, 0.1) is 38.4 Å². The number of benzene rings is 4. The number of piperazine rings is 1. The van der Waals surface area contributed by atoms with Crippen LogP contribution in [0.15, 0.2) is 90.4 Å². The summed E-state index contributed by atoms with van der Waals surface area (Å²) in [5, 5.41) is 31.7. The maximum absolute atomic E-state index is 14.4. The summed E-state index contributed by atoms with van der Waals surface area (Å²) in [4.78, 5) is 88.6. The Morgan fingerprint density at radius 1 is 0.899 bits per heavy atom. The standard InChI is InChI=1S/C49H49FN8O10S/c50-32-8-12-39(59)36(27-32)43(45(63)54-49-52-16-25-69-49)57-28-31-5-4-30(26-35(31)46(57)64)29-6-9-33(10-7-29)55-17-19-56(20-18-55)41(61)14-21-67-23-24-68-22-15-51-37-3-1-2-34-42(37)48(66)58(47(34)65)38-11-13-40(60)53-44(38)62/h1-10,12,16,25-27,38,43,47,51,59,65H,11,13-15,17-24,28H2,(H,52,54,63)(H,53,60,62). The van der Waals surface area contributed by atoms with Gasteiger partial charge in [-0.05, 0) is 65.6 Å². The molecule has 0 saturated carbocycles. The predicted octanol–water partition coefficient (Wildman–Crippen LogP) is 4.43. The SMILES string of the molecule is O=C1CCC(N2C(=O)c3c(NCCOCCOCCC(=O)N4CCN(c5ccc(-c6ccc7c(c6)C(=O)N(C(C(=O)Nc6nccs6)c6cc(F)ccc6O)C7)cc5)CC4)cccc3C2O)C(=O)N1. The molecule has 9 rings (SSSR count). The number of nitrogens with one attached hydrogen (secondary N) is 3. The molecule has 0 spiro atoms. The molecule has 5 aromatic rings. The number of anilines is 3. The number of aromatic hydroxyl groups is 1. The van der Waals surface area contributed by atoms with E-state index in [4.69, 9.17) is 9.47 Å². The molecule has 5 N–H and O–H groups in total. The van der Waals surface area contributed by atoms with Gasteiger partial charge in [-0.3, -0.25) is 44.3 Å². The lowest BCUT2D eigenvalue weighted by molar-refractivity contribution is -0.139. The highest BCUT2D eigenvalue weighted by Gasteiger charge is 2.45. The molecule has 4 aliphatic heterocycles.